The lowest BCUT2D eigenvalue weighted by molar-refractivity contribution is 0.0937. The van der Waals surface area contributed by atoms with Crippen molar-refractivity contribution < 1.29 is 9.53 Å². The number of nitrogens with one attached hydrogen (secondary N) is 1. The molecule has 1 amide bonds. The van der Waals surface area contributed by atoms with Crippen LogP contribution < -0.4 is 10.1 Å². The normalized spacial score (nSPS) is 11.2. The number of carbonyl (C=O) groups excluding carboxylic acids is 1. The van der Waals surface area contributed by atoms with Gasteiger partial charge in [0.25, 0.3) is 5.91 Å². The highest BCUT2D eigenvalue weighted by Crippen LogP contribution is 2.21. The second kappa shape index (κ2) is 6.23. The monoisotopic (exact) mass is 313 g/mol. The molecule has 0 fully saturated rings. The van der Waals surface area contributed by atoms with Crippen LogP contribution in [-0.4, -0.2) is 24.9 Å². The predicted molar refractivity (Wildman–Crippen MR) is 77.6 cm³/mol. The average Bonchev–Trinajstić information content (AvgIpc) is 2.36. The Hall–Kier alpha value is -1.03. The van der Waals surface area contributed by atoms with E-state index in [0.29, 0.717) is 17.9 Å². The molecule has 0 radical (unpaired) electrons. The van der Waals surface area contributed by atoms with Crippen molar-refractivity contribution >= 4 is 21.8 Å². The van der Waals surface area contributed by atoms with Gasteiger partial charge >= 0.3 is 0 Å². The highest BCUT2D eigenvalue weighted by atomic mass is 79.9. The maximum absolute atomic E-state index is 12.1. The minimum atomic E-state index is -0.0930. The maximum atomic E-state index is 12.1. The largest absolute Gasteiger partial charge is 0.496 e. The molecular weight excluding hydrogens is 294 g/mol. The summed E-state index contributed by atoms with van der Waals surface area (Å²) in [4.78, 5) is 12.1. The van der Waals surface area contributed by atoms with Gasteiger partial charge in [-0.2, -0.15) is 0 Å². The Kier molecular flexibility index (Phi) is 5.20. The second-order valence-corrected chi connectivity index (χ2v) is 5.74. The van der Waals surface area contributed by atoms with Crippen molar-refractivity contribution in [2.24, 2.45) is 5.41 Å². The zero-order valence-corrected chi connectivity index (χ0v) is 12.9. The third-order valence-corrected chi connectivity index (χ3v) is 4.21. The third-order valence-electron chi connectivity index (χ3n) is 2.69. The number of methoxy groups -OCH3 is 1. The van der Waals surface area contributed by atoms with Crippen LogP contribution in [-0.2, 0) is 0 Å². The van der Waals surface area contributed by atoms with Crippen molar-refractivity contribution in [2.75, 3.05) is 19.0 Å². The van der Waals surface area contributed by atoms with Crippen molar-refractivity contribution in [1.29, 1.82) is 0 Å². The Morgan fingerprint density at radius 3 is 2.67 bits per heavy atom. The lowest BCUT2D eigenvalue weighted by atomic mass is 9.96. The number of ether oxygens (including phenoxy) is 1. The molecule has 0 bridgehead atoms. The van der Waals surface area contributed by atoms with Gasteiger partial charge in [0, 0.05) is 11.9 Å². The van der Waals surface area contributed by atoms with Crippen LogP contribution in [0.5, 0.6) is 5.75 Å². The van der Waals surface area contributed by atoms with E-state index in [1.807, 2.05) is 25.1 Å². The number of rotatable bonds is 5. The van der Waals surface area contributed by atoms with Gasteiger partial charge in [0.1, 0.15) is 5.75 Å². The molecule has 18 heavy (non-hydrogen) atoms. The van der Waals surface area contributed by atoms with Crippen molar-refractivity contribution in [3.05, 3.63) is 29.3 Å². The number of aryl methyl sites for hydroxylation is 1. The molecule has 1 aromatic carbocycles. The standard InChI is InChI=1S/C14H20BrNO2/c1-10-5-6-12(18-4)11(7-10)13(17)16-9-14(2,3)8-15/h5-7H,8-9H2,1-4H3,(H,16,17). The van der Waals surface area contributed by atoms with Crippen LogP contribution in [0.25, 0.3) is 0 Å². The van der Waals surface area contributed by atoms with Crippen molar-refractivity contribution in [2.45, 2.75) is 20.8 Å². The van der Waals surface area contributed by atoms with Crippen LogP contribution in [0.3, 0.4) is 0 Å². The average molecular weight is 314 g/mol. The number of halogens is 1. The summed E-state index contributed by atoms with van der Waals surface area (Å²) in [5.74, 6) is 0.513. The summed E-state index contributed by atoms with van der Waals surface area (Å²) >= 11 is 3.44. The Bertz CT molecular complexity index is 430. The Balaban J connectivity index is 2.81. The first-order valence-electron chi connectivity index (χ1n) is 5.88. The highest BCUT2D eigenvalue weighted by Gasteiger charge is 2.19. The first kappa shape index (κ1) is 15.0. The van der Waals surface area contributed by atoms with Gasteiger partial charge < -0.3 is 10.1 Å². The summed E-state index contributed by atoms with van der Waals surface area (Å²) in [6, 6.07) is 5.59. The number of alkyl halides is 1. The Morgan fingerprint density at radius 2 is 2.11 bits per heavy atom. The number of benzene rings is 1. The molecule has 0 spiro atoms. The van der Waals surface area contributed by atoms with Crippen molar-refractivity contribution in [3.63, 3.8) is 0 Å². The van der Waals surface area contributed by atoms with E-state index >= 15 is 0 Å². The number of carbonyl (C=O) groups is 1. The minimum absolute atomic E-state index is 0.0344. The number of amides is 1. The molecule has 3 nitrogen and oxygen atoms in total. The molecule has 4 heteroatoms. The van der Waals surface area contributed by atoms with Crippen molar-refractivity contribution in [3.8, 4) is 5.75 Å². The van der Waals surface area contributed by atoms with Crippen LogP contribution in [0, 0.1) is 12.3 Å². The first-order chi connectivity index (χ1) is 8.39. The van der Waals surface area contributed by atoms with E-state index in [-0.39, 0.29) is 11.3 Å². The van der Waals surface area contributed by atoms with Gasteiger partial charge in [-0.05, 0) is 24.5 Å². The SMILES string of the molecule is COc1ccc(C)cc1C(=O)NCC(C)(C)CBr. The molecule has 0 aliphatic heterocycles. The predicted octanol–water partition coefficient (Wildman–Crippen LogP) is 3.15. The van der Waals surface area contributed by atoms with Crippen LogP contribution in [0.4, 0.5) is 0 Å². The molecule has 1 N–H and O–H groups in total. The minimum Gasteiger partial charge on any atom is -0.496 e. The molecule has 100 valence electrons. The fourth-order valence-electron chi connectivity index (χ4n) is 1.46. The molecule has 0 aliphatic carbocycles. The fraction of sp³-hybridized carbons (Fsp3) is 0.500. The molecule has 1 aromatic rings. The maximum Gasteiger partial charge on any atom is 0.255 e. The quantitative estimate of drug-likeness (QED) is 0.848. The summed E-state index contributed by atoms with van der Waals surface area (Å²) in [7, 11) is 1.57. The second-order valence-electron chi connectivity index (χ2n) is 5.18. The zero-order chi connectivity index (χ0) is 13.8. The summed E-state index contributed by atoms with van der Waals surface area (Å²) in [5, 5.41) is 3.78. The van der Waals surface area contributed by atoms with E-state index < -0.39 is 0 Å². The van der Waals surface area contributed by atoms with Gasteiger partial charge in [0.15, 0.2) is 0 Å². The van der Waals surface area contributed by atoms with E-state index in [4.69, 9.17) is 4.74 Å². The molecule has 0 saturated carbocycles. The van der Waals surface area contributed by atoms with Crippen LogP contribution in [0.1, 0.15) is 29.8 Å². The van der Waals surface area contributed by atoms with Crippen LogP contribution in [0.2, 0.25) is 0 Å². The van der Waals surface area contributed by atoms with Gasteiger partial charge in [-0.1, -0.05) is 41.4 Å². The van der Waals surface area contributed by atoms with E-state index in [0.717, 1.165) is 10.9 Å². The molecule has 0 aliphatic rings. The molecule has 0 aromatic heterocycles. The summed E-state index contributed by atoms with van der Waals surface area (Å²) < 4.78 is 5.21. The van der Waals surface area contributed by atoms with E-state index in [1.165, 1.54) is 0 Å². The lowest BCUT2D eigenvalue weighted by Gasteiger charge is -2.22. The molecular formula is C14H20BrNO2. The molecule has 0 saturated heterocycles. The fourth-order valence-corrected chi connectivity index (χ4v) is 1.66. The van der Waals surface area contributed by atoms with Gasteiger partial charge in [-0.25, -0.2) is 0 Å². The van der Waals surface area contributed by atoms with Gasteiger partial charge in [-0.15, -0.1) is 0 Å². The number of hydrogen-bond acceptors (Lipinski definition) is 2. The van der Waals surface area contributed by atoms with E-state index in [9.17, 15) is 4.79 Å². The van der Waals surface area contributed by atoms with E-state index in [2.05, 4.69) is 35.1 Å². The van der Waals surface area contributed by atoms with Gasteiger partial charge in [-0.3, -0.25) is 4.79 Å². The highest BCUT2D eigenvalue weighted by molar-refractivity contribution is 9.09. The molecule has 0 unspecified atom stereocenters. The van der Waals surface area contributed by atoms with Gasteiger partial charge in [0.2, 0.25) is 0 Å². The van der Waals surface area contributed by atoms with Crippen LogP contribution >= 0.6 is 15.9 Å². The molecule has 1 rings (SSSR count). The summed E-state index contributed by atoms with van der Waals surface area (Å²) in [6.45, 7) is 6.76. The number of hydrogen-bond donors (Lipinski definition) is 1. The first-order valence-corrected chi connectivity index (χ1v) is 7.00. The lowest BCUT2D eigenvalue weighted by Crippen LogP contribution is -2.35. The van der Waals surface area contributed by atoms with Crippen LogP contribution in [0.15, 0.2) is 18.2 Å². The molecule has 0 heterocycles. The summed E-state index contributed by atoms with van der Waals surface area (Å²) in [5.41, 5.74) is 1.66. The Morgan fingerprint density at radius 1 is 1.44 bits per heavy atom. The topological polar surface area (TPSA) is 38.3 Å². The summed E-state index contributed by atoms with van der Waals surface area (Å²) in [6.07, 6.45) is 0. The Labute approximate surface area is 117 Å². The smallest absolute Gasteiger partial charge is 0.255 e. The third kappa shape index (κ3) is 4.02. The van der Waals surface area contributed by atoms with Gasteiger partial charge in [0.05, 0.1) is 12.7 Å². The van der Waals surface area contributed by atoms with E-state index in [1.54, 1.807) is 7.11 Å². The van der Waals surface area contributed by atoms with Crippen molar-refractivity contribution in [1.82, 2.24) is 5.32 Å². The zero-order valence-electron chi connectivity index (χ0n) is 11.3. The molecule has 0 atom stereocenters.